The highest BCUT2D eigenvalue weighted by Crippen LogP contribution is 2.25. The molecule has 1 heterocycles. The van der Waals surface area contributed by atoms with Crippen molar-refractivity contribution in [2.75, 3.05) is 36.4 Å². The molecule has 0 radical (unpaired) electrons. The van der Waals surface area contributed by atoms with E-state index in [-0.39, 0.29) is 23.9 Å². The van der Waals surface area contributed by atoms with E-state index in [1.807, 2.05) is 26.8 Å². The number of hydrogen-bond donors (Lipinski definition) is 2. The molecule has 1 fully saturated rings. The van der Waals surface area contributed by atoms with Gasteiger partial charge < -0.3 is 15.0 Å². The third-order valence-corrected chi connectivity index (χ3v) is 7.51. The normalized spacial score (nSPS) is 21.5. The number of rotatable bonds is 9. The summed E-state index contributed by atoms with van der Waals surface area (Å²) >= 11 is 0. The van der Waals surface area contributed by atoms with E-state index in [2.05, 4.69) is 14.9 Å². The van der Waals surface area contributed by atoms with Crippen LogP contribution in [0, 0.1) is 11.7 Å². The average molecular weight is 444 g/mol. The fraction of sp³-hybridized carbons (Fsp3) is 0.727. The standard InChI is InChI=1S/C22H38FN3O3S/c1-16(13-25-30(27,28)22(4,5)6)8-7-11-24-21-10-9-19(12-20(21)23)26-14-17(2)29-18(3)15-26/h9-10,12,16-18,24-25H,7-8,11,13-15H2,1-6H3. The molecule has 1 aromatic rings. The summed E-state index contributed by atoms with van der Waals surface area (Å²) in [6.07, 6.45) is 1.94. The van der Waals surface area contributed by atoms with E-state index in [1.165, 1.54) is 0 Å². The smallest absolute Gasteiger partial charge is 0.216 e. The van der Waals surface area contributed by atoms with E-state index in [1.54, 1.807) is 32.9 Å². The van der Waals surface area contributed by atoms with Crippen LogP contribution in [0.3, 0.4) is 0 Å². The van der Waals surface area contributed by atoms with E-state index in [0.717, 1.165) is 31.6 Å². The van der Waals surface area contributed by atoms with E-state index in [4.69, 9.17) is 4.74 Å². The molecule has 0 amide bonds. The maximum atomic E-state index is 14.6. The second-order valence-electron chi connectivity index (χ2n) is 9.46. The van der Waals surface area contributed by atoms with Crippen molar-refractivity contribution in [2.24, 2.45) is 5.92 Å². The van der Waals surface area contributed by atoms with E-state index in [0.29, 0.717) is 18.8 Å². The van der Waals surface area contributed by atoms with Gasteiger partial charge >= 0.3 is 0 Å². The van der Waals surface area contributed by atoms with E-state index < -0.39 is 14.8 Å². The number of hydrogen-bond acceptors (Lipinski definition) is 5. The van der Waals surface area contributed by atoms with Gasteiger partial charge in [0.15, 0.2) is 0 Å². The zero-order valence-corrected chi connectivity index (χ0v) is 20.0. The first kappa shape index (κ1) is 24.9. The van der Waals surface area contributed by atoms with Gasteiger partial charge in [0.05, 0.1) is 22.6 Å². The Labute approximate surface area is 181 Å². The van der Waals surface area contributed by atoms with Crippen molar-refractivity contribution in [1.29, 1.82) is 0 Å². The summed E-state index contributed by atoms with van der Waals surface area (Å²) in [5, 5.41) is 3.16. The lowest BCUT2D eigenvalue weighted by atomic mass is 10.1. The molecular weight excluding hydrogens is 405 g/mol. The third-order valence-electron chi connectivity index (χ3n) is 5.35. The number of anilines is 2. The van der Waals surface area contributed by atoms with Crippen molar-refractivity contribution in [2.45, 2.75) is 71.3 Å². The molecule has 1 aliphatic heterocycles. The number of nitrogens with zero attached hydrogens (tertiary/aromatic N) is 1. The Hall–Kier alpha value is -1.38. The van der Waals surface area contributed by atoms with Gasteiger partial charge in [-0.2, -0.15) is 0 Å². The summed E-state index contributed by atoms with van der Waals surface area (Å²) in [5.41, 5.74) is 1.37. The number of benzene rings is 1. The molecule has 1 saturated heterocycles. The van der Waals surface area contributed by atoms with Gasteiger partial charge in [-0.3, -0.25) is 0 Å². The summed E-state index contributed by atoms with van der Waals surface area (Å²) in [4.78, 5) is 2.16. The Kier molecular flexibility index (Phi) is 8.53. The molecule has 0 bridgehead atoms. The maximum Gasteiger partial charge on any atom is 0.216 e. The molecule has 0 aromatic heterocycles. The van der Waals surface area contributed by atoms with Gasteiger partial charge in [-0.25, -0.2) is 17.5 Å². The Balaban J connectivity index is 1.77. The predicted octanol–water partition coefficient (Wildman–Crippen LogP) is 3.99. The van der Waals surface area contributed by atoms with Crippen molar-refractivity contribution in [3.63, 3.8) is 0 Å². The van der Waals surface area contributed by atoms with Crippen LogP contribution in [0.1, 0.15) is 54.4 Å². The average Bonchev–Trinajstić information content (AvgIpc) is 2.63. The lowest BCUT2D eigenvalue weighted by Crippen LogP contribution is -2.45. The summed E-state index contributed by atoms with van der Waals surface area (Å²) in [5.74, 6) is -0.0493. The zero-order chi connectivity index (χ0) is 22.5. The van der Waals surface area contributed by atoms with Gasteiger partial charge in [0.25, 0.3) is 0 Å². The highest BCUT2D eigenvalue weighted by Gasteiger charge is 2.28. The summed E-state index contributed by atoms with van der Waals surface area (Å²) in [6, 6.07) is 5.31. The fourth-order valence-corrected chi connectivity index (χ4v) is 4.41. The molecular formula is C22H38FN3O3S. The first-order chi connectivity index (χ1) is 13.9. The van der Waals surface area contributed by atoms with Gasteiger partial charge in [-0.05, 0) is 71.6 Å². The molecule has 1 aliphatic rings. The molecule has 2 N–H and O–H groups in total. The predicted molar refractivity (Wildman–Crippen MR) is 122 cm³/mol. The first-order valence-corrected chi connectivity index (χ1v) is 12.3. The second-order valence-corrected chi connectivity index (χ2v) is 12.0. The first-order valence-electron chi connectivity index (χ1n) is 10.8. The molecule has 3 atom stereocenters. The van der Waals surface area contributed by atoms with Crippen molar-refractivity contribution in [3.8, 4) is 0 Å². The zero-order valence-electron chi connectivity index (χ0n) is 19.2. The summed E-state index contributed by atoms with van der Waals surface area (Å²) < 4.78 is 46.4. The highest BCUT2D eigenvalue weighted by molar-refractivity contribution is 7.90. The Morgan fingerprint density at radius 1 is 1.23 bits per heavy atom. The lowest BCUT2D eigenvalue weighted by molar-refractivity contribution is -0.00523. The van der Waals surface area contributed by atoms with Gasteiger partial charge in [-0.15, -0.1) is 0 Å². The van der Waals surface area contributed by atoms with Crippen LogP contribution in [0.25, 0.3) is 0 Å². The third kappa shape index (κ3) is 7.10. The van der Waals surface area contributed by atoms with Crippen LogP contribution in [0.4, 0.5) is 15.8 Å². The largest absolute Gasteiger partial charge is 0.383 e. The Bertz CT molecular complexity index is 785. The molecule has 172 valence electrons. The minimum atomic E-state index is -3.32. The van der Waals surface area contributed by atoms with E-state index in [9.17, 15) is 12.8 Å². The van der Waals surface area contributed by atoms with Crippen LogP contribution in [-0.2, 0) is 14.8 Å². The Morgan fingerprint density at radius 2 is 1.87 bits per heavy atom. The molecule has 2 rings (SSSR count). The fourth-order valence-electron chi connectivity index (χ4n) is 3.48. The molecule has 0 saturated carbocycles. The SMILES string of the molecule is CC(CCCNc1ccc(N2CC(C)OC(C)C2)cc1F)CNS(=O)(=O)C(C)(C)C. The minimum Gasteiger partial charge on any atom is -0.383 e. The van der Waals surface area contributed by atoms with Crippen LogP contribution in [0.5, 0.6) is 0 Å². The molecule has 0 spiro atoms. The maximum absolute atomic E-state index is 14.6. The number of nitrogens with one attached hydrogen (secondary N) is 2. The molecule has 1 aromatic carbocycles. The van der Waals surface area contributed by atoms with Crippen LogP contribution < -0.4 is 14.9 Å². The molecule has 0 aliphatic carbocycles. The van der Waals surface area contributed by atoms with Crippen LogP contribution >= 0.6 is 0 Å². The van der Waals surface area contributed by atoms with Gasteiger partial charge in [0.1, 0.15) is 5.82 Å². The van der Waals surface area contributed by atoms with Crippen LogP contribution in [-0.4, -0.2) is 51.6 Å². The lowest BCUT2D eigenvalue weighted by Gasteiger charge is -2.37. The van der Waals surface area contributed by atoms with E-state index >= 15 is 0 Å². The summed E-state index contributed by atoms with van der Waals surface area (Å²) in [7, 11) is -3.32. The minimum absolute atomic E-state index is 0.129. The van der Waals surface area contributed by atoms with Crippen molar-refractivity contribution in [1.82, 2.24) is 4.72 Å². The highest BCUT2D eigenvalue weighted by atomic mass is 32.2. The molecule has 3 unspecified atom stereocenters. The quantitative estimate of drug-likeness (QED) is 0.565. The summed E-state index contributed by atoms with van der Waals surface area (Å²) in [6.45, 7) is 13.7. The van der Waals surface area contributed by atoms with Crippen LogP contribution in [0.2, 0.25) is 0 Å². The number of ether oxygens (including phenoxy) is 1. The van der Waals surface area contributed by atoms with Gasteiger partial charge in [-0.1, -0.05) is 6.92 Å². The Morgan fingerprint density at radius 3 is 2.43 bits per heavy atom. The van der Waals surface area contributed by atoms with Gasteiger partial charge in [0.2, 0.25) is 10.0 Å². The number of halogens is 1. The molecule has 8 heteroatoms. The molecule has 30 heavy (non-hydrogen) atoms. The monoisotopic (exact) mass is 443 g/mol. The second kappa shape index (κ2) is 10.3. The van der Waals surface area contributed by atoms with Gasteiger partial charge in [0, 0.05) is 31.9 Å². The van der Waals surface area contributed by atoms with Crippen LogP contribution in [0.15, 0.2) is 18.2 Å². The van der Waals surface area contributed by atoms with Crippen molar-refractivity contribution >= 4 is 21.4 Å². The van der Waals surface area contributed by atoms with Crippen molar-refractivity contribution < 1.29 is 17.5 Å². The number of morpholine rings is 1. The topological polar surface area (TPSA) is 70.7 Å². The number of sulfonamides is 1. The van der Waals surface area contributed by atoms with Crippen molar-refractivity contribution in [3.05, 3.63) is 24.0 Å². The molecule has 6 nitrogen and oxygen atoms in total.